The van der Waals surface area contributed by atoms with Gasteiger partial charge in [-0.1, -0.05) is 23.4 Å². The van der Waals surface area contributed by atoms with Crippen LogP contribution in [0.4, 0.5) is 0 Å². The predicted molar refractivity (Wildman–Crippen MR) is 117 cm³/mol. The Bertz CT molecular complexity index is 1040. The van der Waals surface area contributed by atoms with Gasteiger partial charge in [0.2, 0.25) is 0 Å². The van der Waals surface area contributed by atoms with Crippen LogP contribution in [0, 0.1) is 0 Å². The van der Waals surface area contributed by atoms with Crippen LogP contribution in [0.3, 0.4) is 0 Å². The summed E-state index contributed by atoms with van der Waals surface area (Å²) in [6, 6.07) is 6.30. The van der Waals surface area contributed by atoms with E-state index in [9.17, 15) is 24.3 Å². The number of carbonyl (C=O) groups is 4. The normalized spacial score (nSPS) is 19.9. The van der Waals surface area contributed by atoms with Gasteiger partial charge in [-0.3, -0.25) is 19.3 Å². The van der Waals surface area contributed by atoms with Crippen molar-refractivity contribution in [2.24, 2.45) is 5.16 Å². The number of fused-ring (bicyclic) bond motifs is 1. The second kappa shape index (κ2) is 10.4. The number of hydrogen-bond donors (Lipinski definition) is 2. The van der Waals surface area contributed by atoms with Crippen LogP contribution in [-0.2, 0) is 35.4 Å². The Hall–Kier alpha value is -3.54. The number of β-lactam (4-membered cyclic amide) rings is 1. The number of rotatable bonds is 9. The highest BCUT2D eigenvalue weighted by Gasteiger charge is 2.54. The third-order valence-electron chi connectivity index (χ3n) is 4.93. The van der Waals surface area contributed by atoms with Gasteiger partial charge in [-0.2, -0.15) is 0 Å². The molecule has 1 aromatic carbocycles. The second-order valence-electron chi connectivity index (χ2n) is 7.16. The van der Waals surface area contributed by atoms with Crippen LogP contribution in [0.1, 0.15) is 19.4 Å². The number of nitrogens with one attached hydrogen (secondary N) is 1. The minimum atomic E-state index is -1.30. The number of nitrogens with zero attached hydrogens (tertiary/aromatic N) is 2. The number of thioether (sulfide) groups is 1. The summed E-state index contributed by atoms with van der Waals surface area (Å²) in [5.74, 6) is -2.17. The largest absolute Gasteiger partial charge is 0.496 e. The van der Waals surface area contributed by atoms with E-state index in [0.717, 1.165) is 10.5 Å². The Labute approximate surface area is 193 Å². The lowest BCUT2D eigenvalue weighted by molar-refractivity contribution is -0.150. The fourth-order valence-electron chi connectivity index (χ4n) is 3.29. The Morgan fingerprint density at radius 2 is 1.97 bits per heavy atom. The van der Waals surface area contributed by atoms with Crippen LogP contribution in [-0.4, -0.2) is 70.4 Å². The van der Waals surface area contributed by atoms with Gasteiger partial charge in [-0.15, -0.1) is 11.8 Å². The summed E-state index contributed by atoms with van der Waals surface area (Å²) < 4.78 is 10.1. The molecule has 2 heterocycles. The van der Waals surface area contributed by atoms with Crippen molar-refractivity contribution in [3.8, 4) is 5.75 Å². The van der Waals surface area contributed by atoms with Crippen molar-refractivity contribution in [3.05, 3.63) is 41.1 Å². The highest BCUT2D eigenvalue weighted by molar-refractivity contribution is 8.00. The molecule has 0 radical (unpaired) electrons. The zero-order valence-electron chi connectivity index (χ0n) is 18.2. The van der Waals surface area contributed by atoms with Crippen molar-refractivity contribution >= 4 is 41.2 Å². The number of oxime groups is 1. The van der Waals surface area contributed by atoms with E-state index in [2.05, 4.69) is 10.5 Å². The average molecular weight is 477 g/mol. The molecule has 2 atom stereocenters. The first kappa shape index (κ1) is 24.1. The van der Waals surface area contributed by atoms with E-state index < -0.39 is 35.2 Å². The van der Waals surface area contributed by atoms with E-state index in [1.807, 2.05) is 12.1 Å². The lowest BCUT2D eigenvalue weighted by Crippen LogP contribution is -2.71. The Morgan fingerprint density at radius 1 is 1.24 bits per heavy atom. The lowest BCUT2D eigenvalue weighted by atomic mass is 10.0. The summed E-state index contributed by atoms with van der Waals surface area (Å²) in [6.07, 6.45) is 0. The number of hydrogen-bond acceptors (Lipinski definition) is 9. The molecule has 1 saturated heterocycles. The maximum Gasteiger partial charge on any atom is 0.352 e. The Morgan fingerprint density at radius 3 is 2.64 bits per heavy atom. The smallest absolute Gasteiger partial charge is 0.352 e. The summed E-state index contributed by atoms with van der Waals surface area (Å²) in [5, 5.41) is 15.3. The van der Waals surface area contributed by atoms with Crippen molar-refractivity contribution in [1.29, 1.82) is 0 Å². The summed E-state index contributed by atoms with van der Waals surface area (Å²) >= 11 is 1.27. The molecule has 33 heavy (non-hydrogen) atoms. The van der Waals surface area contributed by atoms with Crippen molar-refractivity contribution in [2.45, 2.75) is 31.9 Å². The van der Waals surface area contributed by atoms with E-state index in [-0.39, 0.29) is 30.4 Å². The molecule has 2 N–H and O–H groups in total. The number of methoxy groups -OCH3 is 1. The highest BCUT2D eigenvalue weighted by Crippen LogP contribution is 2.40. The molecule has 2 aliphatic rings. The van der Waals surface area contributed by atoms with Gasteiger partial charge in [0.15, 0.2) is 0 Å². The minimum Gasteiger partial charge on any atom is -0.496 e. The molecular formula is C21H23N3O8S. The first-order chi connectivity index (χ1) is 15.7. The summed E-state index contributed by atoms with van der Waals surface area (Å²) in [7, 11) is 1.53. The molecule has 1 aromatic rings. The maximum atomic E-state index is 12.6. The monoisotopic (exact) mass is 477 g/mol. The van der Waals surface area contributed by atoms with Crippen LogP contribution in [0.15, 0.2) is 40.7 Å². The first-order valence-corrected chi connectivity index (χ1v) is 10.9. The first-order valence-electron chi connectivity index (χ1n) is 9.87. The molecule has 3 rings (SSSR count). The molecule has 0 spiro atoms. The number of ether oxygens (including phenoxy) is 2. The van der Waals surface area contributed by atoms with Gasteiger partial charge < -0.3 is 24.7 Å². The molecule has 11 nitrogen and oxygen atoms in total. The number of amides is 2. The average Bonchev–Trinajstić information content (AvgIpc) is 2.80. The molecule has 0 aliphatic carbocycles. The summed E-state index contributed by atoms with van der Waals surface area (Å²) in [5.41, 5.74) is 0.847. The number of aliphatic carboxylic acids is 1. The van der Waals surface area contributed by atoms with Gasteiger partial charge in [-0.25, -0.2) is 4.79 Å². The van der Waals surface area contributed by atoms with E-state index in [1.54, 1.807) is 12.1 Å². The van der Waals surface area contributed by atoms with Crippen LogP contribution < -0.4 is 10.1 Å². The van der Waals surface area contributed by atoms with Crippen LogP contribution in [0.25, 0.3) is 0 Å². The zero-order chi connectivity index (χ0) is 24.1. The van der Waals surface area contributed by atoms with Crippen LogP contribution in [0.5, 0.6) is 5.75 Å². The van der Waals surface area contributed by atoms with E-state index in [0.29, 0.717) is 11.3 Å². The van der Waals surface area contributed by atoms with Gasteiger partial charge in [0.1, 0.15) is 41.8 Å². The predicted octanol–water partition coefficient (Wildman–Crippen LogP) is 0.889. The summed E-state index contributed by atoms with van der Waals surface area (Å²) in [4.78, 5) is 54.2. The van der Waals surface area contributed by atoms with Crippen molar-refractivity contribution < 1.29 is 38.6 Å². The number of carboxylic acid groups (broad SMARTS) is 1. The third kappa shape index (κ3) is 5.28. The Kier molecular flexibility index (Phi) is 7.59. The summed E-state index contributed by atoms with van der Waals surface area (Å²) in [6.45, 7) is 2.52. The standard InChI is InChI=1S/C21H23N3O8S/c1-11(23-32-9-13-6-4-5-7-15(13)30-3)18(26)22-16-19(27)24-17(21(28)29)14(8-31-12(2)25)10-33-20(16)24/h4-7,16,20H,8-10H2,1-3H3,(H,22,26)(H,28,29)/b23-11+/t16-,20-/m1/s1. The molecule has 12 heteroatoms. The maximum absolute atomic E-state index is 12.6. The molecule has 2 amide bonds. The van der Waals surface area contributed by atoms with Crippen molar-refractivity contribution in [2.75, 3.05) is 19.5 Å². The quantitative estimate of drug-likeness (QED) is 0.229. The zero-order valence-corrected chi connectivity index (χ0v) is 19.0. The second-order valence-corrected chi connectivity index (χ2v) is 8.27. The van der Waals surface area contributed by atoms with E-state index in [4.69, 9.17) is 14.3 Å². The van der Waals surface area contributed by atoms with Gasteiger partial charge in [0, 0.05) is 23.8 Å². The molecule has 0 aromatic heterocycles. The molecular weight excluding hydrogens is 454 g/mol. The molecule has 176 valence electrons. The fraction of sp³-hybridized carbons (Fsp3) is 0.381. The van der Waals surface area contributed by atoms with Gasteiger partial charge in [0.05, 0.1) is 7.11 Å². The molecule has 2 aliphatic heterocycles. The number of carboxylic acids is 1. The minimum absolute atomic E-state index is 0.00139. The van der Waals surface area contributed by atoms with Crippen LogP contribution in [0.2, 0.25) is 0 Å². The lowest BCUT2D eigenvalue weighted by Gasteiger charge is -2.49. The Balaban J connectivity index is 1.61. The number of para-hydroxylation sites is 1. The van der Waals surface area contributed by atoms with E-state index >= 15 is 0 Å². The molecule has 0 saturated carbocycles. The molecule has 0 unspecified atom stereocenters. The molecule has 0 bridgehead atoms. The highest BCUT2D eigenvalue weighted by atomic mass is 32.2. The number of carbonyl (C=O) groups excluding carboxylic acids is 3. The molecule has 1 fully saturated rings. The van der Waals surface area contributed by atoms with Gasteiger partial charge >= 0.3 is 11.9 Å². The number of benzene rings is 1. The fourth-order valence-corrected chi connectivity index (χ4v) is 4.62. The number of esters is 1. The van der Waals surface area contributed by atoms with E-state index in [1.165, 1.54) is 32.7 Å². The van der Waals surface area contributed by atoms with Gasteiger partial charge in [0.25, 0.3) is 11.8 Å². The van der Waals surface area contributed by atoms with Gasteiger partial charge in [-0.05, 0) is 13.0 Å². The van der Waals surface area contributed by atoms with Crippen molar-refractivity contribution in [3.63, 3.8) is 0 Å². The third-order valence-corrected chi connectivity index (χ3v) is 6.27. The van der Waals surface area contributed by atoms with Crippen LogP contribution >= 0.6 is 11.8 Å². The topological polar surface area (TPSA) is 144 Å². The SMILES string of the molecule is COc1ccccc1CO/N=C(\C)C(=O)N[C@@H]1C(=O)N2C(C(=O)O)=C(COC(C)=O)CS[C@H]12. The van der Waals surface area contributed by atoms with Crippen molar-refractivity contribution in [1.82, 2.24) is 10.2 Å².